The molecule has 0 saturated heterocycles. The monoisotopic (exact) mass is 407 g/mol. The lowest BCUT2D eigenvalue weighted by Gasteiger charge is -2.21. The number of carbonyl (C=O) groups is 1. The number of hydrogen-bond donors (Lipinski definition) is 1. The summed E-state index contributed by atoms with van der Waals surface area (Å²) in [5.41, 5.74) is 4.24. The van der Waals surface area contributed by atoms with Crippen LogP contribution in [0.1, 0.15) is 38.7 Å². The summed E-state index contributed by atoms with van der Waals surface area (Å²) in [6, 6.07) is 12.3. The maximum absolute atomic E-state index is 13.3. The topological polar surface area (TPSA) is 63.1 Å². The number of hydrogen-bond acceptors (Lipinski definition) is 4. The zero-order valence-electron chi connectivity index (χ0n) is 17.4. The average molecular weight is 407 g/mol. The molecule has 0 bridgehead atoms. The first-order chi connectivity index (χ1) is 14.5. The van der Waals surface area contributed by atoms with Crippen molar-refractivity contribution < 1.29 is 9.18 Å². The van der Waals surface area contributed by atoms with Gasteiger partial charge in [-0.25, -0.2) is 4.39 Å². The lowest BCUT2D eigenvalue weighted by Crippen LogP contribution is -2.28. The van der Waals surface area contributed by atoms with E-state index >= 15 is 0 Å². The SMILES string of the molecule is Cc1ccc(CN2CCc3nnc(CNC(=O)c4cccc(F)c4)n3CC2)c(C)c1. The maximum Gasteiger partial charge on any atom is 0.251 e. The fourth-order valence-corrected chi connectivity index (χ4v) is 3.87. The van der Waals surface area contributed by atoms with E-state index in [1.165, 1.54) is 34.9 Å². The highest BCUT2D eigenvalue weighted by molar-refractivity contribution is 5.94. The van der Waals surface area contributed by atoms with Crippen LogP contribution in [0.2, 0.25) is 0 Å². The molecule has 0 aliphatic carbocycles. The van der Waals surface area contributed by atoms with Crippen molar-refractivity contribution in [2.45, 2.75) is 39.9 Å². The summed E-state index contributed by atoms with van der Waals surface area (Å²) in [6.45, 7) is 8.04. The van der Waals surface area contributed by atoms with Gasteiger partial charge in [-0.2, -0.15) is 0 Å². The summed E-state index contributed by atoms with van der Waals surface area (Å²) >= 11 is 0. The summed E-state index contributed by atoms with van der Waals surface area (Å²) in [4.78, 5) is 14.7. The molecule has 4 rings (SSSR count). The quantitative estimate of drug-likeness (QED) is 0.706. The van der Waals surface area contributed by atoms with Gasteiger partial charge in [0.25, 0.3) is 5.91 Å². The second-order valence-corrected chi connectivity index (χ2v) is 7.83. The molecule has 3 aromatic rings. The molecule has 1 aliphatic rings. The number of carbonyl (C=O) groups excluding carboxylic acids is 1. The van der Waals surface area contributed by atoms with Crippen molar-refractivity contribution in [3.05, 3.63) is 82.2 Å². The Balaban J connectivity index is 1.38. The first kappa shape index (κ1) is 20.2. The standard InChI is InChI=1S/C23H26FN5O/c1-16-6-7-19(17(2)12-16)15-28-9-8-21-26-27-22(29(21)11-10-28)14-25-23(30)18-4-3-5-20(24)13-18/h3-7,12-13H,8-11,14-15H2,1-2H3,(H,25,30). The van der Waals surface area contributed by atoms with E-state index in [0.29, 0.717) is 5.56 Å². The molecule has 2 aromatic carbocycles. The van der Waals surface area contributed by atoms with E-state index in [-0.39, 0.29) is 12.5 Å². The van der Waals surface area contributed by atoms with Crippen LogP contribution in [0.15, 0.2) is 42.5 Å². The molecule has 2 heterocycles. The first-order valence-corrected chi connectivity index (χ1v) is 10.2. The van der Waals surface area contributed by atoms with E-state index in [2.05, 4.69) is 57.0 Å². The highest BCUT2D eigenvalue weighted by atomic mass is 19.1. The predicted octanol–water partition coefficient (Wildman–Crippen LogP) is 3.02. The number of amides is 1. The van der Waals surface area contributed by atoms with Gasteiger partial charge in [-0.3, -0.25) is 9.69 Å². The number of rotatable bonds is 5. The largest absolute Gasteiger partial charge is 0.345 e. The Hall–Kier alpha value is -3.06. The summed E-state index contributed by atoms with van der Waals surface area (Å²) < 4.78 is 15.4. The van der Waals surface area contributed by atoms with E-state index in [0.717, 1.165) is 44.2 Å². The van der Waals surface area contributed by atoms with Crippen LogP contribution < -0.4 is 5.32 Å². The third kappa shape index (κ3) is 4.57. The lowest BCUT2D eigenvalue weighted by atomic mass is 10.1. The zero-order chi connectivity index (χ0) is 21.1. The molecule has 6 nitrogen and oxygen atoms in total. The van der Waals surface area contributed by atoms with Crippen molar-refractivity contribution in [1.82, 2.24) is 25.0 Å². The van der Waals surface area contributed by atoms with Gasteiger partial charge in [0.15, 0.2) is 5.82 Å². The van der Waals surface area contributed by atoms with Crippen molar-refractivity contribution in [3.63, 3.8) is 0 Å². The summed E-state index contributed by atoms with van der Waals surface area (Å²) in [5, 5.41) is 11.4. The molecule has 1 N–H and O–H groups in total. The van der Waals surface area contributed by atoms with Gasteiger partial charge in [0, 0.05) is 38.2 Å². The zero-order valence-corrected chi connectivity index (χ0v) is 17.4. The number of halogens is 1. The molecule has 0 saturated carbocycles. The molecular formula is C23H26FN5O. The first-order valence-electron chi connectivity index (χ1n) is 10.2. The minimum Gasteiger partial charge on any atom is -0.345 e. The average Bonchev–Trinajstić information content (AvgIpc) is 3.00. The maximum atomic E-state index is 13.3. The highest BCUT2D eigenvalue weighted by Crippen LogP contribution is 2.16. The van der Waals surface area contributed by atoms with Crippen LogP contribution in [-0.2, 0) is 26.1 Å². The number of benzene rings is 2. The van der Waals surface area contributed by atoms with Gasteiger partial charge in [0.1, 0.15) is 11.6 Å². The van der Waals surface area contributed by atoms with Crippen molar-refractivity contribution in [1.29, 1.82) is 0 Å². The van der Waals surface area contributed by atoms with Crippen molar-refractivity contribution in [2.75, 3.05) is 13.1 Å². The van der Waals surface area contributed by atoms with Gasteiger partial charge in [0.05, 0.1) is 6.54 Å². The van der Waals surface area contributed by atoms with Crippen molar-refractivity contribution in [2.24, 2.45) is 0 Å². The summed E-state index contributed by atoms with van der Waals surface area (Å²) in [6.07, 6.45) is 0.815. The molecule has 1 aliphatic heterocycles. The Morgan fingerprint density at radius 3 is 2.77 bits per heavy atom. The molecule has 1 aromatic heterocycles. The highest BCUT2D eigenvalue weighted by Gasteiger charge is 2.19. The summed E-state index contributed by atoms with van der Waals surface area (Å²) in [7, 11) is 0. The van der Waals surface area contributed by atoms with Crippen LogP contribution in [0.3, 0.4) is 0 Å². The van der Waals surface area contributed by atoms with Gasteiger partial charge < -0.3 is 9.88 Å². The van der Waals surface area contributed by atoms with Crippen LogP contribution in [0, 0.1) is 19.7 Å². The second kappa shape index (κ2) is 8.75. The van der Waals surface area contributed by atoms with Gasteiger partial charge in [-0.1, -0.05) is 29.8 Å². The molecule has 0 radical (unpaired) electrons. The summed E-state index contributed by atoms with van der Waals surface area (Å²) in [5.74, 6) is 0.913. The molecule has 0 spiro atoms. The Kier molecular flexibility index (Phi) is 5.90. The van der Waals surface area contributed by atoms with Crippen LogP contribution in [0.5, 0.6) is 0 Å². The molecule has 1 amide bonds. The van der Waals surface area contributed by atoms with E-state index in [1.54, 1.807) is 6.07 Å². The third-order valence-corrected chi connectivity index (χ3v) is 5.58. The second-order valence-electron chi connectivity index (χ2n) is 7.83. The molecule has 0 unspecified atom stereocenters. The normalized spacial score (nSPS) is 14.2. The Morgan fingerprint density at radius 2 is 1.97 bits per heavy atom. The fraction of sp³-hybridized carbons (Fsp3) is 0.348. The van der Waals surface area contributed by atoms with E-state index in [1.807, 2.05) is 0 Å². The van der Waals surface area contributed by atoms with E-state index in [9.17, 15) is 9.18 Å². The van der Waals surface area contributed by atoms with Gasteiger partial charge >= 0.3 is 0 Å². The minimum absolute atomic E-state index is 0.263. The molecule has 7 heteroatoms. The van der Waals surface area contributed by atoms with Crippen molar-refractivity contribution >= 4 is 5.91 Å². The molecule has 156 valence electrons. The molecule has 30 heavy (non-hydrogen) atoms. The van der Waals surface area contributed by atoms with Crippen LogP contribution in [-0.4, -0.2) is 38.7 Å². The van der Waals surface area contributed by atoms with Gasteiger partial charge in [0.2, 0.25) is 0 Å². The minimum atomic E-state index is -0.428. The molecule has 0 fully saturated rings. The lowest BCUT2D eigenvalue weighted by molar-refractivity contribution is 0.0949. The van der Waals surface area contributed by atoms with Crippen LogP contribution >= 0.6 is 0 Å². The third-order valence-electron chi connectivity index (χ3n) is 5.58. The smallest absolute Gasteiger partial charge is 0.251 e. The Morgan fingerprint density at radius 1 is 1.10 bits per heavy atom. The van der Waals surface area contributed by atoms with Crippen LogP contribution in [0.25, 0.3) is 0 Å². The fourth-order valence-electron chi connectivity index (χ4n) is 3.87. The molecule has 0 atom stereocenters. The number of aromatic nitrogens is 3. The Labute approximate surface area is 175 Å². The van der Waals surface area contributed by atoms with Gasteiger partial charge in [-0.15, -0.1) is 10.2 Å². The van der Waals surface area contributed by atoms with Crippen molar-refractivity contribution in [3.8, 4) is 0 Å². The Bertz CT molecular complexity index is 1060. The van der Waals surface area contributed by atoms with E-state index in [4.69, 9.17) is 0 Å². The number of aryl methyl sites for hydroxylation is 2. The number of nitrogens with zero attached hydrogens (tertiary/aromatic N) is 4. The number of nitrogens with one attached hydrogen (secondary N) is 1. The molecular weight excluding hydrogens is 381 g/mol. The predicted molar refractivity (Wildman–Crippen MR) is 112 cm³/mol. The van der Waals surface area contributed by atoms with Crippen LogP contribution in [0.4, 0.5) is 4.39 Å². The number of fused-ring (bicyclic) bond motifs is 1. The van der Waals surface area contributed by atoms with Gasteiger partial charge in [-0.05, 0) is 43.2 Å². The van der Waals surface area contributed by atoms with E-state index < -0.39 is 5.82 Å².